The van der Waals surface area contributed by atoms with Gasteiger partial charge < -0.3 is 4.74 Å². The largest absolute Gasteiger partial charge is 0.465 e. The smallest absolute Gasteiger partial charge is 0.316 e. The fraction of sp³-hybridized carbons (Fsp3) is 0.750. The van der Waals surface area contributed by atoms with Gasteiger partial charge in [0.25, 0.3) is 0 Å². The Bertz CT molecular complexity index is 179. The molecule has 1 saturated carbocycles. The van der Waals surface area contributed by atoms with Gasteiger partial charge in [0.2, 0.25) is 0 Å². The van der Waals surface area contributed by atoms with E-state index in [2.05, 4.69) is 0 Å². The fourth-order valence-corrected chi connectivity index (χ4v) is 1.31. The summed E-state index contributed by atoms with van der Waals surface area (Å²) in [4.78, 5) is 22.0. The van der Waals surface area contributed by atoms with Crippen LogP contribution in [0.1, 0.15) is 26.2 Å². The van der Waals surface area contributed by atoms with Crippen molar-refractivity contribution in [1.29, 1.82) is 0 Å². The van der Waals surface area contributed by atoms with Gasteiger partial charge in [0.1, 0.15) is 11.7 Å². The van der Waals surface area contributed by atoms with Gasteiger partial charge in [0, 0.05) is 57.8 Å². The standard InChI is InChI=1S/C8H12O3.K/c1-2-11-8(10)6-4-3-5-7(6)9;/h6H,2-5H2,1H3;. The molecule has 1 radical (unpaired) electrons. The minimum Gasteiger partial charge on any atom is -0.465 e. The number of rotatable bonds is 2. The zero-order valence-electron chi connectivity index (χ0n) is 7.63. The van der Waals surface area contributed by atoms with Gasteiger partial charge in [-0.2, -0.15) is 0 Å². The SMILES string of the molecule is CCOC(=O)C1CCCC1=O.[K]. The van der Waals surface area contributed by atoms with E-state index in [-0.39, 0.29) is 63.1 Å². The summed E-state index contributed by atoms with van der Waals surface area (Å²) in [5, 5.41) is 0. The average Bonchev–Trinajstić information content (AvgIpc) is 2.36. The number of ketones is 1. The summed E-state index contributed by atoms with van der Waals surface area (Å²) in [6.45, 7) is 2.11. The molecule has 1 fully saturated rings. The van der Waals surface area contributed by atoms with Gasteiger partial charge in [-0.15, -0.1) is 0 Å². The zero-order chi connectivity index (χ0) is 8.27. The molecular formula is C8H12KO3. The van der Waals surface area contributed by atoms with E-state index in [4.69, 9.17) is 4.74 Å². The van der Waals surface area contributed by atoms with Crippen molar-refractivity contribution < 1.29 is 14.3 Å². The maximum Gasteiger partial charge on any atom is 0.316 e. The molecular weight excluding hydrogens is 183 g/mol. The van der Waals surface area contributed by atoms with Crippen molar-refractivity contribution >= 4 is 63.1 Å². The Hall–Kier alpha value is 0.776. The van der Waals surface area contributed by atoms with Gasteiger partial charge in [-0.25, -0.2) is 0 Å². The van der Waals surface area contributed by atoms with Crippen molar-refractivity contribution in [3.05, 3.63) is 0 Å². The number of ether oxygens (including phenoxy) is 1. The normalized spacial score (nSPS) is 21.8. The molecule has 0 heterocycles. The number of esters is 1. The van der Waals surface area contributed by atoms with Crippen LogP contribution < -0.4 is 0 Å². The van der Waals surface area contributed by atoms with E-state index >= 15 is 0 Å². The molecule has 0 spiro atoms. The molecule has 3 nitrogen and oxygen atoms in total. The second kappa shape index (κ2) is 6.26. The van der Waals surface area contributed by atoms with Crippen LogP contribution in [0.15, 0.2) is 0 Å². The third kappa shape index (κ3) is 3.26. The van der Waals surface area contributed by atoms with Crippen LogP contribution in [0.25, 0.3) is 0 Å². The van der Waals surface area contributed by atoms with Crippen LogP contribution in [0.5, 0.6) is 0 Å². The molecule has 0 aromatic rings. The molecule has 0 aromatic heterocycles. The molecule has 12 heavy (non-hydrogen) atoms. The van der Waals surface area contributed by atoms with E-state index < -0.39 is 5.92 Å². The second-order valence-corrected chi connectivity index (χ2v) is 2.66. The van der Waals surface area contributed by atoms with E-state index in [1.54, 1.807) is 6.92 Å². The maximum absolute atomic E-state index is 11.0. The molecule has 63 valence electrons. The maximum atomic E-state index is 11.0. The van der Waals surface area contributed by atoms with Crippen LogP contribution in [0.2, 0.25) is 0 Å². The molecule has 1 atom stereocenters. The van der Waals surface area contributed by atoms with Crippen molar-refractivity contribution in [2.45, 2.75) is 26.2 Å². The number of carbonyl (C=O) groups excluding carboxylic acids is 2. The van der Waals surface area contributed by atoms with Crippen LogP contribution in [0.4, 0.5) is 0 Å². The van der Waals surface area contributed by atoms with E-state index in [1.165, 1.54) is 0 Å². The first kappa shape index (κ1) is 12.8. The van der Waals surface area contributed by atoms with Gasteiger partial charge in [-0.1, -0.05) is 0 Å². The topological polar surface area (TPSA) is 43.4 Å². The molecule has 0 aliphatic heterocycles. The first-order chi connectivity index (χ1) is 5.25. The molecule has 1 rings (SSSR count). The van der Waals surface area contributed by atoms with Crippen molar-refractivity contribution in [3.8, 4) is 0 Å². The van der Waals surface area contributed by atoms with E-state index in [0.717, 1.165) is 6.42 Å². The Morgan fingerprint density at radius 3 is 2.75 bits per heavy atom. The van der Waals surface area contributed by atoms with Gasteiger partial charge in [-0.3, -0.25) is 9.59 Å². The molecule has 0 saturated heterocycles. The summed E-state index contributed by atoms with van der Waals surface area (Å²) in [7, 11) is 0. The Kier molecular flexibility index (Phi) is 6.67. The summed E-state index contributed by atoms with van der Waals surface area (Å²) in [5.41, 5.74) is 0. The van der Waals surface area contributed by atoms with E-state index in [1.807, 2.05) is 0 Å². The van der Waals surface area contributed by atoms with Crippen molar-refractivity contribution in [1.82, 2.24) is 0 Å². The molecule has 4 heteroatoms. The molecule has 0 amide bonds. The first-order valence-corrected chi connectivity index (χ1v) is 3.95. The number of hydrogen-bond acceptors (Lipinski definition) is 3. The van der Waals surface area contributed by atoms with Crippen LogP contribution >= 0.6 is 0 Å². The fourth-order valence-electron chi connectivity index (χ4n) is 1.31. The molecule has 0 bridgehead atoms. The molecule has 1 unspecified atom stereocenters. The van der Waals surface area contributed by atoms with Crippen molar-refractivity contribution in [2.75, 3.05) is 6.61 Å². The monoisotopic (exact) mass is 195 g/mol. The first-order valence-electron chi connectivity index (χ1n) is 3.95. The second-order valence-electron chi connectivity index (χ2n) is 2.66. The summed E-state index contributed by atoms with van der Waals surface area (Å²) >= 11 is 0. The molecule has 0 N–H and O–H groups in total. The zero-order valence-corrected chi connectivity index (χ0v) is 10.8. The predicted molar refractivity (Wildman–Crippen MR) is 44.7 cm³/mol. The predicted octanol–water partition coefficient (Wildman–Crippen LogP) is 0.538. The van der Waals surface area contributed by atoms with Crippen molar-refractivity contribution in [3.63, 3.8) is 0 Å². The minimum absolute atomic E-state index is 0. The summed E-state index contributed by atoms with van der Waals surface area (Å²) in [6.07, 6.45) is 2.06. The van der Waals surface area contributed by atoms with Crippen LogP contribution in [-0.4, -0.2) is 69.7 Å². The van der Waals surface area contributed by atoms with Crippen molar-refractivity contribution in [2.24, 2.45) is 5.92 Å². The minimum atomic E-state index is -0.449. The Balaban J connectivity index is 0.00000121. The van der Waals surface area contributed by atoms with Crippen LogP contribution in [-0.2, 0) is 14.3 Å². The van der Waals surface area contributed by atoms with Crippen LogP contribution in [0.3, 0.4) is 0 Å². The molecule has 0 aromatic carbocycles. The third-order valence-electron chi connectivity index (χ3n) is 1.88. The Morgan fingerprint density at radius 2 is 2.33 bits per heavy atom. The van der Waals surface area contributed by atoms with Gasteiger partial charge in [0.05, 0.1) is 6.61 Å². The van der Waals surface area contributed by atoms with E-state index in [0.29, 0.717) is 19.4 Å². The summed E-state index contributed by atoms with van der Waals surface area (Å²) in [5.74, 6) is -0.742. The Labute approximate surface area is 115 Å². The molecule has 1 aliphatic rings. The van der Waals surface area contributed by atoms with Gasteiger partial charge in [-0.05, 0) is 19.8 Å². The van der Waals surface area contributed by atoms with Gasteiger partial charge >= 0.3 is 5.97 Å². The number of hydrogen-bond donors (Lipinski definition) is 0. The summed E-state index contributed by atoms with van der Waals surface area (Å²) in [6, 6.07) is 0. The third-order valence-corrected chi connectivity index (χ3v) is 1.88. The summed E-state index contributed by atoms with van der Waals surface area (Å²) < 4.78 is 4.74. The quantitative estimate of drug-likeness (QED) is 0.367. The average molecular weight is 195 g/mol. The number of carbonyl (C=O) groups is 2. The van der Waals surface area contributed by atoms with Gasteiger partial charge in [0.15, 0.2) is 0 Å². The number of Topliss-reactive ketones (excluding diaryl/α,β-unsaturated/α-hetero) is 1. The van der Waals surface area contributed by atoms with E-state index in [9.17, 15) is 9.59 Å². The Morgan fingerprint density at radius 1 is 1.67 bits per heavy atom. The molecule has 1 aliphatic carbocycles. The van der Waals surface area contributed by atoms with Crippen LogP contribution in [0, 0.1) is 5.92 Å².